The molecule has 0 radical (unpaired) electrons. The van der Waals surface area contributed by atoms with Crippen molar-refractivity contribution in [2.45, 2.75) is 32.4 Å². The number of quaternary nitrogens is 1. The van der Waals surface area contributed by atoms with Crippen molar-refractivity contribution in [2.24, 2.45) is 0 Å². The minimum absolute atomic E-state index is 0.00292. The summed E-state index contributed by atoms with van der Waals surface area (Å²) in [6.45, 7) is 4.59. The standard InChI is InChI=1S/C19H21ClN2O2S/c1-13(23)17-6-7-18(25-17)19(24)21-16-8-10-22(11-9-16)12-14-2-4-15(20)5-3-14/h2-7,16H,8-12H2,1H3,(H,21,24)/p+1. The molecule has 2 heterocycles. The second-order valence-electron chi connectivity index (χ2n) is 6.52. The van der Waals surface area contributed by atoms with Crippen LogP contribution in [0.5, 0.6) is 0 Å². The molecule has 1 saturated heterocycles. The molecular weight excluding hydrogens is 356 g/mol. The molecule has 1 aliphatic rings. The van der Waals surface area contributed by atoms with Gasteiger partial charge in [0.1, 0.15) is 6.54 Å². The van der Waals surface area contributed by atoms with Gasteiger partial charge in [0.2, 0.25) is 0 Å². The molecule has 0 spiro atoms. The third kappa shape index (κ3) is 4.91. The van der Waals surface area contributed by atoms with Crippen molar-refractivity contribution in [3.05, 3.63) is 56.7 Å². The highest BCUT2D eigenvalue weighted by atomic mass is 35.5. The third-order valence-corrected chi connectivity index (χ3v) is 6.01. The first-order valence-electron chi connectivity index (χ1n) is 8.51. The number of rotatable bonds is 5. The van der Waals surface area contributed by atoms with E-state index in [2.05, 4.69) is 17.4 Å². The molecule has 0 aliphatic carbocycles. The molecule has 25 heavy (non-hydrogen) atoms. The zero-order valence-corrected chi connectivity index (χ0v) is 15.8. The van der Waals surface area contributed by atoms with Gasteiger partial charge < -0.3 is 10.2 Å². The molecule has 3 rings (SSSR count). The molecule has 2 aromatic rings. The van der Waals surface area contributed by atoms with E-state index in [-0.39, 0.29) is 17.7 Å². The fraction of sp³-hybridized carbons (Fsp3) is 0.368. The number of benzene rings is 1. The van der Waals surface area contributed by atoms with Gasteiger partial charge in [-0.15, -0.1) is 11.3 Å². The number of amides is 1. The summed E-state index contributed by atoms with van der Waals surface area (Å²) >= 11 is 7.19. The first-order valence-corrected chi connectivity index (χ1v) is 9.70. The van der Waals surface area contributed by atoms with E-state index in [1.165, 1.54) is 28.7 Å². The Morgan fingerprint density at radius 1 is 1.12 bits per heavy atom. The molecule has 1 aromatic carbocycles. The molecule has 0 bridgehead atoms. The zero-order valence-electron chi connectivity index (χ0n) is 14.2. The van der Waals surface area contributed by atoms with Crippen molar-refractivity contribution in [1.29, 1.82) is 0 Å². The lowest BCUT2D eigenvalue weighted by Crippen LogP contribution is -3.12. The van der Waals surface area contributed by atoms with Crippen LogP contribution in [0.1, 0.15) is 44.7 Å². The van der Waals surface area contributed by atoms with Crippen molar-refractivity contribution in [3.63, 3.8) is 0 Å². The van der Waals surface area contributed by atoms with Crippen molar-refractivity contribution in [2.75, 3.05) is 13.1 Å². The lowest BCUT2D eigenvalue weighted by Gasteiger charge is -2.29. The monoisotopic (exact) mass is 377 g/mol. The molecular formula is C19H22ClN2O2S+. The number of likely N-dealkylation sites (tertiary alicyclic amines) is 1. The molecule has 1 aliphatic heterocycles. The summed E-state index contributed by atoms with van der Waals surface area (Å²) in [6, 6.07) is 11.7. The highest BCUT2D eigenvalue weighted by molar-refractivity contribution is 7.15. The van der Waals surface area contributed by atoms with Gasteiger partial charge in [-0.3, -0.25) is 9.59 Å². The average molecular weight is 378 g/mol. The van der Waals surface area contributed by atoms with Crippen LogP contribution >= 0.6 is 22.9 Å². The van der Waals surface area contributed by atoms with Crippen LogP contribution in [0.4, 0.5) is 0 Å². The average Bonchev–Trinajstić information content (AvgIpc) is 3.09. The summed E-state index contributed by atoms with van der Waals surface area (Å²) in [5.74, 6) is -0.0631. The van der Waals surface area contributed by atoms with Gasteiger partial charge in [0.15, 0.2) is 5.78 Å². The quantitative estimate of drug-likeness (QED) is 0.787. The molecule has 1 fully saturated rings. The van der Waals surface area contributed by atoms with Gasteiger partial charge in [0, 0.05) is 29.5 Å². The molecule has 0 saturated carbocycles. The number of piperidine rings is 1. The second kappa shape index (κ2) is 8.13. The van der Waals surface area contributed by atoms with Gasteiger partial charge in [-0.1, -0.05) is 23.7 Å². The number of ketones is 1. The van der Waals surface area contributed by atoms with Gasteiger partial charge in [-0.2, -0.15) is 0 Å². The molecule has 4 nitrogen and oxygen atoms in total. The number of nitrogens with one attached hydrogen (secondary N) is 2. The molecule has 0 atom stereocenters. The number of halogens is 1. The van der Waals surface area contributed by atoms with E-state index < -0.39 is 0 Å². The SMILES string of the molecule is CC(=O)c1ccc(C(=O)NC2CC[NH+](Cc3ccc(Cl)cc3)CC2)s1. The summed E-state index contributed by atoms with van der Waals surface area (Å²) in [5.41, 5.74) is 1.29. The summed E-state index contributed by atoms with van der Waals surface area (Å²) in [5, 5.41) is 3.87. The maximum absolute atomic E-state index is 12.3. The molecule has 132 valence electrons. The Hall–Kier alpha value is -1.69. The second-order valence-corrected chi connectivity index (χ2v) is 8.04. The summed E-state index contributed by atoms with van der Waals surface area (Å²) in [6.07, 6.45) is 1.94. The number of thiophene rings is 1. The Labute approximate surface area is 156 Å². The largest absolute Gasteiger partial charge is 0.348 e. The minimum atomic E-state index is -0.0661. The molecule has 0 unspecified atom stereocenters. The Balaban J connectivity index is 1.47. The van der Waals surface area contributed by atoms with Crippen LogP contribution in [0.15, 0.2) is 36.4 Å². The maximum Gasteiger partial charge on any atom is 0.261 e. The maximum atomic E-state index is 12.3. The summed E-state index contributed by atoms with van der Waals surface area (Å²) in [7, 11) is 0. The lowest BCUT2D eigenvalue weighted by atomic mass is 10.0. The van der Waals surface area contributed by atoms with Crippen LogP contribution in [0.25, 0.3) is 0 Å². The molecule has 2 N–H and O–H groups in total. The first kappa shape index (κ1) is 18.1. The topological polar surface area (TPSA) is 50.6 Å². The number of Topliss-reactive ketones (excluding diaryl/α,β-unsaturated/α-hetero) is 1. The Bertz CT molecular complexity index is 749. The van der Waals surface area contributed by atoms with E-state index in [1.807, 2.05) is 12.1 Å². The highest BCUT2D eigenvalue weighted by Crippen LogP contribution is 2.17. The van der Waals surface area contributed by atoms with Gasteiger partial charge in [0.25, 0.3) is 5.91 Å². The van der Waals surface area contributed by atoms with E-state index in [9.17, 15) is 9.59 Å². The zero-order chi connectivity index (χ0) is 17.8. The predicted molar refractivity (Wildman–Crippen MR) is 101 cm³/mol. The number of carbonyl (C=O) groups excluding carboxylic acids is 2. The Kier molecular flexibility index (Phi) is 5.89. The predicted octanol–water partition coefficient (Wildman–Crippen LogP) is 2.58. The van der Waals surface area contributed by atoms with E-state index >= 15 is 0 Å². The fourth-order valence-electron chi connectivity index (χ4n) is 3.14. The van der Waals surface area contributed by atoms with E-state index in [1.54, 1.807) is 12.1 Å². The highest BCUT2D eigenvalue weighted by Gasteiger charge is 2.24. The van der Waals surface area contributed by atoms with Crippen LogP contribution in [-0.4, -0.2) is 30.8 Å². The Morgan fingerprint density at radius 2 is 1.76 bits per heavy atom. The van der Waals surface area contributed by atoms with Crippen LogP contribution in [0.3, 0.4) is 0 Å². The number of hydrogen-bond donors (Lipinski definition) is 2. The normalized spacial score (nSPS) is 20.2. The number of hydrogen-bond acceptors (Lipinski definition) is 3. The molecule has 1 aromatic heterocycles. The van der Waals surface area contributed by atoms with Gasteiger partial charge >= 0.3 is 0 Å². The van der Waals surface area contributed by atoms with Gasteiger partial charge in [-0.25, -0.2) is 0 Å². The van der Waals surface area contributed by atoms with Crippen LogP contribution in [-0.2, 0) is 6.54 Å². The van der Waals surface area contributed by atoms with Crippen LogP contribution in [0.2, 0.25) is 5.02 Å². The van der Waals surface area contributed by atoms with Crippen molar-refractivity contribution < 1.29 is 14.5 Å². The van der Waals surface area contributed by atoms with Crippen molar-refractivity contribution in [1.82, 2.24) is 5.32 Å². The smallest absolute Gasteiger partial charge is 0.261 e. The van der Waals surface area contributed by atoms with E-state index in [0.717, 1.165) is 37.5 Å². The third-order valence-electron chi connectivity index (χ3n) is 4.57. The Morgan fingerprint density at radius 3 is 2.36 bits per heavy atom. The first-order chi connectivity index (χ1) is 12.0. The van der Waals surface area contributed by atoms with Crippen molar-refractivity contribution >= 4 is 34.6 Å². The van der Waals surface area contributed by atoms with Crippen LogP contribution < -0.4 is 10.2 Å². The van der Waals surface area contributed by atoms with Crippen molar-refractivity contribution in [3.8, 4) is 0 Å². The van der Waals surface area contributed by atoms with E-state index in [4.69, 9.17) is 11.6 Å². The van der Waals surface area contributed by atoms with E-state index in [0.29, 0.717) is 9.75 Å². The lowest BCUT2D eigenvalue weighted by molar-refractivity contribution is -0.918. The minimum Gasteiger partial charge on any atom is -0.348 e. The summed E-state index contributed by atoms with van der Waals surface area (Å²) < 4.78 is 0. The molecule has 6 heteroatoms. The van der Waals surface area contributed by atoms with Crippen LogP contribution in [0, 0.1) is 0 Å². The number of carbonyl (C=O) groups is 2. The summed E-state index contributed by atoms with van der Waals surface area (Å²) in [4.78, 5) is 26.4. The fourth-order valence-corrected chi connectivity index (χ4v) is 4.07. The van der Waals surface area contributed by atoms with Gasteiger partial charge in [-0.05, 0) is 31.2 Å². The molecule has 1 amide bonds. The van der Waals surface area contributed by atoms with Gasteiger partial charge in [0.05, 0.1) is 22.8 Å².